The first kappa shape index (κ1) is 22.3. The Balaban J connectivity index is 1.73. The Hall–Kier alpha value is -2.38. The molecule has 0 bridgehead atoms. The van der Waals surface area contributed by atoms with Crippen LogP contribution in [0, 0.1) is 26.7 Å². The Morgan fingerprint density at radius 3 is 2.37 bits per heavy atom. The van der Waals surface area contributed by atoms with Crippen molar-refractivity contribution in [3.8, 4) is 5.75 Å². The van der Waals surface area contributed by atoms with Crippen molar-refractivity contribution in [2.45, 2.75) is 45.4 Å². The monoisotopic (exact) mass is 430 g/mol. The first-order valence-electron chi connectivity index (χ1n) is 10.3. The van der Waals surface area contributed by atoms with Gasteiger partial charge in [-0.15, -0.1) is 0 Å². The molecule has 0 aliphatic carbocycles. The van der Waals surface area contributed by atoms with E-state index in [0.29, 0.717) is 31.7 Å². The highest BCUT2D eigenvalue weighted by molar-refractivity contribution is 7.89. The Morgan fingerprint density at radius 1 is 1.13 bits per heavy atom. The van der Waals surface area contributed by atoms with Crippen LogP contribution in [0.4, 0.5) is 5.69 Å². The van der Waals surface area contributed by atoms with E-state index < -0.39 is 10.0 Å². The number of hydrogen-bond donors (Lipinski definition) is 1. The molecule has 1 aliphatic heterocycles. The van der Waals surface area contributed by atoms with Gasteiger partial charge in [-0.3, -0.25) is 4.79 Å². The minimum atomic E-state index is -3.66. The van der Waals surface area contributed by atoms with E-state index in [2.05, 4.69) is 5.32 Å². The van der Waals surface area contributed by atoms with Gasteiger partial charge in [0.2, 0.25) is 15.9 Å². The summed E-state index contributed by atoms with van der Waals surface area (Å²) in [7, 11) is -3.66. The Bertz CT molecular complexity index is 993. The van der Waals surface area contributed by atoms with Gasteiger partial charge in [-0.2, -0.15) is 4.31 Å². The summed E-state index contributed by atoms with van der Waals surface area (Å²) < 4.78 is 33.0. The molecule has 6 nitrogen and oxygen atoms in total. The molecule has 0 saturated carbocycles. The van der Waals surface area contributed by atoms with Crippen molar-refractivity contribution >= 4 is 21.6 Å². The standard InChI is InChI=1S/C23H30N2O4S/c1-5-29-20-8-10-21(11-9-20)30(27,28)25-12-6-7-19(15-25)23(26)24-22-17(3)13-16(2)14-18(22)4/h8-11,13-14,19H,5-7,12,15H2,1-4H3,(H,24,26)/t19-/m1/s1. The average Bonchev–Trinajstić information content (AvgIpc) is 2.71. The number of hydrogen-bond acceptors (Lipinski definition) is 4. The minimum Gasteiger partial charge on any atom is -0.494 e. The third-order valence-electron chi connectivity index (χ3n) is 5.45. The molecule has 1 amide bonds. The molecule has 2 aromatic rings. The van der Waals surface area contributed by atoms with Crippen molar-refractivity contribution in [3.63, 3.8) is 0 Å². The molecule has 1 saturated heterocycles. The third kappa shape index (κ3) is 4.84. The van der Waals surface area contributed by atoms with Crippen LogP contribution in [0.3, 0.4) is 0 Å². The van der Waals surface area contributed by atoms with E-state index in [9.17, 15) is 13.2 Å². The summed E-state index contributed by atoms with van der Waals surface area (Å²) in [5.41, 5.74) is 3.98. The van der Waals surface area contributed by atoms with Crippen molar-refractivity contribution in [1.82, 2.24) is 4.31 Å². The van der Waals surface area contributed by atoms with Gasteiger partial charge in [-0.25, -0.2) is 8.42 Å². The second-order valence-corrected chi connectivity index (χ2v) is 9.81. The maximum Gasteiger partial charge on any atom is 0.243 e. The zero-order valence-electron chi connectivity index (χ0n) is 18.1. The number of anilines is 1. The number of nitrogens with one attached hydrogen (secondary N) is 1. The van der Waals surface area contributed by atoms with Gasteiger partial charge >= 0.3 is 0 Å². The van der Waals surface area contributed by atoms with Crippen LogP contribution in [-0.2, 0) is 14.8 Å². The topological polar surface area (TPSA) is 75.7 Å². The molecule has 1 aliphatic rings. The van der Waals surface area contributed by atoms with Crippen LogP contribution >= 0.6 is 0 Å². The fraction of sp³-hybridized carbons (Fsp3) is 0.435. The molecule has 162 valence electrons. The predicted octanol–water partition coefficient (Wildman–Crippen LogP) is 4.05. The molecule has 3 rings (SSSR count). The molecule has 1 fully saturated rings. The summed E-state index contributed by atoms with van der Waals surface area (Å²) in [5.74, 6) is 0.129. The second kappa shape index (κ2) is 9.18. The van der Waals surface area contributed by atoms with E-state index >= 15 is 0 Å². The largest absolute Gasteiger partial charge is 0.494 e. The Kier molecular flexibility index (Phi) is 6.83. The van der Waals surface area contributed by atoms with Gasteiger partial charge < -0.3 is 10.1 Å². The highest BCUT2D eigenvalue weighted by Gasteiger charge is 2.33. The summed E-state index contributed by atoms with van der Waals surface area (Å²) in [5, 5.41) is 3.03. The first-order valence-corrected chi connectivity index (χ1v) is 11.8. The van der Waals surface area contributed by atoms with E-state index in [1.807, 2.05) is 39.8 Å². The molecular weight excluding hydrogens is 400 g/mol. The number of sulfonamides is 1. The van der Waals surface area contributed by atoms with Crippen molar-refractivity contribution in [2.75, 3.05) is 25.0 Å². The quantitative estimate of drug-likeness (QED) is 0.750. The number of aryl methyl sites for hydroxylation is 3. The number of benzene rings is 2. The van der Waals surface area contributed by atoms with Crippen LogP contribution in [0.25, 0.3) is 0 Å². The molecule has 0 radical (unpaired) electrons. The molecular formula is C23H30N2O4S. The second-order valence-electron chi connectivity index (χ2n) is 7.87. The molecule has 30 heavy (non-hydrogen) atoms. The number of carbonyl (C=O) groups excluding carboxylic acids is 1. The van der Waals surface area contributed by atoms with Gasteiger partial charge in [0.25, 0.3) is 0 Å². The zero-order valence-corrected chi connectivity index (χ0v) is 18.9. The van der Waals surface area contributed by atoms with E-state index in [1.54, 1.807) is 24.3 Å². The first-order chi connectivity index (χ1) is 14.2. The molecule has 7 heteroatoms. The molecule has 2 aromatic carbocycles. The summed E-state index contributed by atoms with van der Waals surface area (Å²) in [6, 6.07) is 10.5. The highest BCUT2D eigenvalue weighted by Crippen LogP contribution is 2.27. The van der Waals surface area contributed by atoms with E-state index in [4.69, 9.17) is 4.74 Å². The van der Waals surface area contributed by atoms with Crippen LogP contribution < -0.4 is 10.1 Å². The van der Waals surface area contributed by atoms with E-state index in [0.717, 1.165) is 22.4 Å². The number of carbonyl (C=O) groups is 1. The van der Waals surface area contributed by atoms with Crippen molar-refractivity contribution < 1.29 is 17.9 Å². The SMILES string of the molecule is CCOc1ccc(S(=O)(=O)N2CCC[C@@H](C(=O)Nc3c(C)cc(C)cc3C)C2)cc1. The predicted molar refractivity (Wildman–Crippen MR) is 118 cm³/mol. The van der Waals surface area contributed by atoms with Crippen LogP contribution in [0.15, 0.2) is 41.3 Å². The van der Waals surface area contributed by atoms with Gasteiger partial charge in [0.1, 0.15) is 5.75 Å². The van der Waals surface area contributed by atoms with Crippen LogP contribution in [0.1, 0.15) is 36.5 Å². The zero-order chi connectivity index (χ0) is 21.9. The molecule has 0 spiro atoms. The minimum absolute atomic E-state index is 0.128. The van der Waals surface area contributed by atoms with Crippen LogP contribution in [0.5, 0.6) is 5.75 Å². The third-order valence-corrected chi connectivity index (χ3v) is 7.33. The van der Waals surface area contributed by atoms with Gasteiger partial charge in [-0.05, 0) is 75.9 Å². The lowest BCUT2D eigenvalue weighted by atomic mass is 9.98. The average molecular weight is 431 g/mol. The normalized spacial score (nSPS) is 17.5. The van der Waals surface area contributed by atoms with Gasteiger partial charge in [0.05, 0.1) is 17.4 Å². The lowest BCUT2D eigenvalue weighted by Crippen LogP contribution is -2.43. The number of piperidine rings is 1. The fourth-order valence-electron chi connectivity index (χ4n) is 4.00. The summed E-state index contributed by atoms with van der Waals surface area (Å²) in [4.78, 5) is 13.2. The van der Waals surface area contributed by atoms with Crippen molar-refractivity contribution in [2.24, 2.45) is 5.92 Å². The van der Waals surface area contributed by atoms with Crippen molar-refractivity contribution in [3.05, 3.63) is 53.1 Å². The summed E-state index contributed by atoms with van der Waals surface area (Å²) >= 11 is 0. The summed E-state index contributed by atoms with van der Waals surface area (Å²) in [6.07, 6.45) is 1.32. The van der Waals surface area contributed by atoms with Gasteiger partial charge in [-0.1, -0.05) is 17.7 Å². The number of nitrogens with zero attached hydrogens (tertiary/aromatic N) is 1. The van der Waals surface area contributed by atoms with Crippen LogP contribution in [-0.4, -0.2) is 38.3 Å². The van der Waals surface area contributed by atoms with Crippen LogP contribution in [0.2, 0.25) is 0 Å². The van der Waals surface area contributed by atoms with Gasteiger partial charge in [0, 0.05) is 18.8 Å². The van der Waals surface area contributed by atoms with E-state index in [-0.39, 0.29) is 23.3 Å². The number of ether oxygens (including phenoxy) is 1. The Labute approximate surface area is 179 Å². The van der Waals surface area contributed by atoms with Gasteiger partial charge in [0.15, 0.2) is 0 Å². The lowest BCUT2D eigenvalue weighted by Gasteiger charge is -2.31. The van der Waals surface area contributed by atoms with E-state index in [1.165, 1.54) is 4.31 Å². The molecule has 0 unspecified atom stereocenters. The maximum atomic E-state index is 13.1. The lowest BCUT2D eigenvalue weighted by molar-refractivity contribution is -0.120. The summed E-state index contributed by atoms with van der Waals surface area (Å²) in [6.45, 7) is 8.97. The molecule has 1 atom stereocenters. The number of rotatable bonds is 6. The molecule has 0 aromatic heterocycles. The number of amides is 1. The fourth-order valence-corrected chi connectivity index (χ4v) is 5.52. The smallest absolute Gasteiger partial charge is 0.243 e. The molecule has 1 heterocycles. The molecule has 1 N–H and O–H groups in total. The Morgan fingerprint density at radius 2 is 1.77 bits per heavy atom. The maximum absolute atomic E-state index is 13.1. The highest BCUT2D eigenvalue weighted by atomic mass is 32.2. The van der Waals surface area contributed by atoms with Crippen molar-refractivity contribution in [1.29, 1.82) is 0 Å².